The summed E-state index contributed by atoms with van der Waals surface area (Å²) in [6, 6.07) is 10.4. The fourth-order valence-corrected chi connectivity index (χ4v) is 3.54. The summed E-state index contributed by atoms with van der Waals surface area (Å²) in [5, 5.41) is 5.17. The van der Waals surface area contributed by atoms with Gasteiger partial charge in [0.2, 0.25) is 15.9 Å². The van der Waals surface area contributed by atoms with Crippen LogP contribution >= 0.6 is 11.3 Å². The van der Waals surface area contributed by atoms with Crippen molar-refractivity contribution in [3.05, 3.63) is 59.7 Å². The Morgan fingerprint density at radius 2 is 1.81 bits per heavy atom. The average Bonchev–Trinajstić information content (AvgIpc) is 3.04. The normalized spacial score (nSPS) is 11.1. The molecule has 7 nitrogen and oxygen atoms in total. The zero-order chi connectivity index (χ0) is 18.6. The van der Waals surface area contributed by atoms with Gasteiger partial charge < -0.3 is 5.32 Å². The highest BCUT2D eigenvalue weighted by molar-refractivity contribution is 7.92. The molecule has 0 atom stereocenters. The fraction of sp³-hybridized carbons (Fsp3) is 0.118. The van der Waals surface area contributed by atoms with E-state index in [-0.39, 0.29) is 12.3 Å². The highest BCUT2D eigenvalue weighted by Crippen LogP contribution is 2.24. The molecule has 2 aromatic heterocycles. The Kier molecular flexibility index (Phi) is 5.29. The van der Waals surface area contributed by atoms with Crippen LogP contribution in [0.1, 0.15) is 5.56 Å². The van der Waals surface area contributed by atoms with Crippen LogP contribution < -0.4 is 10.0 Å². The Hall–Kier alpha value is -2.78. The third-order valence-electron chi connectivity index (χ3n) is 3.35. The Balaban J connectivity index is 1.60. The molecule has 2 heterocycles. The summed E-state index contributed by atoms with van der Waals surface area (Å²) in [6.45, 7) is 0. The maximum absolute atomic E-state index is 12.2. The van der Waals surface area contributed by atoms with Crippen molar-refractivity contribution in [2.45, 2.75) is 6.42 Å². The SMILES string of the molecule is CS(=O)(=O)Nc1ccc(CC(=O)Nc2nc(-c3ccncc3)cs2)cc1. The van der Waals surface area contributed by atoms with Gasteiger partial charge in [-0.15, -0.1) is 11.3 Å². The number of hydrogen-bond acceptors (Lipinski definition) is 6. The van der Waals surface area contributed by atoms with Gasteiger partial charge in [0.25, 0.3) is 0 Å². The van der Waals surface area contributed by atoms with E-state index in [0.29, 0.717) is 10.8 Å². The molecule has 3 aromatic rings. The largest absolute Gasteiger partial charge is 0.302 e. The number of pyridine rings is 1. The second-order valence-electron chi connectivity index (χ2n) is 5.57. The van der Waals surface area contributed by atoms with Gasteiger partial charge in [0, 0.05) is 29.0 Å². The standard InChI is InChI=1S/C17H16N4O3S2/c1-26(23,24)21-14-4-2-12(3-5-14)10-16(22)20-17-19-15(11-25-17)13-6-8-18-9-7-13/h2-9,11,21H,10H2,1H3,(H,19,20,22). The van der Waals surface area contributed by atoms with Crippen LogP contribution in [0, 0.1) is 0 Å². The molecule has 0 spiro atoms. The maximum atomic E-state index is 12.2. The van der Waals surface area contributed by atoms with E-state index in [1.807, 2.05) is 17.5 Å². The fourth-order valence-electron chi connectivity index (χ4n) is 2.24. The van der Waals surface area contributed by atoms with Gasteiger partial charge in [0.1, 0.15) is 0 Å². The van der Waals surface area contributed by atoms with Crippen LogP contribution in [0.2, 0.25) is 0 Å². The lowest BCUT2D eigenvalue weighted by Crippen LogP contribution is -2.14. The number of anilines is 2. The number of benzene rings is 1. The molecule has 134 valence electrons. The molecular weight excluding hydrogens is 372 g/mol. The molecule has 0 unspecified atom stereocenters. The van der Waals surface area contributed by atoms with Crippen molar-refractivity contribution < 1.29 is 13.2 Å². The van der Waals surface area contributed by atoms with Crippen molar-refractivity contribution in [1.82, 2.24) is 9.97 Å². The predicted octanol–water partition coefficient (Wildman–Crippen LogP) is 2.76. The highest BCUT2D eigenvalue weighted by Gasteiger charge is 2.09. The van der Waals surface area contributed by atoms with Crippen molar-refractivity contribution in [1.29, 1.82) is 0 Å². The van der Waals surface area contributed by atoms with Gasteiger partial charge in [0.05, 0.1) is 18.4 Å². The molecule has 0 bridgehead atoms. The van der Waals surface area contributed by atoms with Gasteiger partial charge in [-0.2, -0.15) is 0 Å². The molecule has 0 saturated heterocycles. The molecule has 3 rings (SSSR count). The van der Waals surface area contributed by atoms with E-state index in [1.54, 1.807) is 36.7 Å². The Morgan fingerprint density at radius 1 is 1.12 bits per heavy atom. The number of hydrogen-bond donors (Lipinski definition) is 2. The van der Waals surface area contributed by atoms with Crippen LogP contribution in [0.5, 0.6) is 0 Å². The summed E-state index contributed by atoms with van der Waals surface area (Å²) in [6.07, 6.45) is 4.64. The van der Waals surface area contributed by atoms with E-state index in [9.17, 15) is 13.2 Å². The van der Waals surface area contributed by atoms with Crippen LogP contribution in [0.15, 0.2) is 54.2 Å². The number of aromatic nitrogens is 2. The Labute approximate surface area is 155 Å². The molecule has 0 aliphatic carbocycles. The minimum absolute atomic E-state index is 0.170. The molecule has 0 aliphatic rings. The van der Waals surface area contributed by atoms with Crippen molar-refractivity contribution in [2.24, 2.45) is 0 Å². The first-order valence-corrected chi connectivity index (χ1v) is 10.4. The molecule has 1 aromatic carbocycles. The number of carbonyl (C=O) groups excluding carboxylic acids is 1. The third-order valence-corrected chi connectivity index (χ3v) is 4.71. The number of amides is 1. The van der Waals surface area contributed by atoms with Gasteiger partial charge >= 0.3 is 0 Å². The number of nitrogens with one attached hydrogen (secondary N) is 2. The first-order valence-electron chi connectivity index (χ1n) is 7.61. The molecule has 0 saturated carbocycles. The van der Waals surface area contributed by atoms with E-state index in [2.05, 4.69) is 20.0 Å². The van der Waals surface area contributed by atoms with Crippen LogP contribution in [-0.2, 0) is 21.2 Å². The minimum Gasteiger partial charge on any atom is -0.302 e. The minimum atomic E-state index is -3.31. The van der Waals surface area contributed by atoms with Gasteiger partial charge in [-0.1, -0.05) is 12.1 Å². The zero-order valence-electron chi connectivity index (χ0n) is 13.8. The van der Waals surface area contributed by atoms with Crippen LogP contribution in [-0.4, -0.2) is 30.5 Å². The summed E-state index contributed by atoms with van der Waals surface area (Å²) in [4.78, 5) is 20.5. The van der Waals surface area contributed by atoms with E-state index in [0.717, 1.165) is 23.1 Å². The third kappa shape index (κ3) is 5.11. The Morgan fingerprint density at radius 3 is 2.46 bits per heavy atom. The van der Waals surface area contributed by atoms with Crippen molar-refractivity contribution >= 4 is 38.1 Å². The summed E-state index contributed by atoms with van der Waals surface area (Å²) < 4.78 is 24.8. The highest BCUT2D eigenvalue weighted by atomic mass is 32.2. The zero-order valence-corrected chi connectivity index (χ0v) is 15.5. The smallest absolute Gasteiger partial charge is 0.230 e. The molecular formula is C17H16N4O3S2. The number of thiazole rings is 1. The average molecular weight is 388 g/mol. The molecule has 0 aliphatic heterocycles. The summed E-state index contributed by atoms with van der Waals surface area (Å²) in [5.74, 6) is -0.190. The molecule has 9 heteroatoms. The second kappa shape index (κ2) is 7.63. The van der Waals surface area contributed by atoms with Crippen molar-refractivity contribution in [2.75, 3.05) is 16.3 Å². The Bertz CT molecular complexity index is 1000. The number of carbonyl (C=O) groups is 1. The van der Waals surface area contributed by atoms with E-state index < -0.39 is 10.0 Å². The topological polar surface area (TPSA) is 101 Å². The molecule has 0 radical (unpaired) electrons. The van der Waals surface area contributed by atoms with Gasteiger partial charge in [-0.05, 0) is 29.8 Å². The second-order valence-corrected chi connectivity index (χ2v) is 8.18. The van der Waals surface area contributed by atoms with Crippen molar-refractivity contribution in [3.8, 4) is 11.3 Å². The monoisotopic (exact) mass is 388 g/mol. The maximum Gasteiger partial charge on any atom is 0.230 e. The van der Waals surface area contributed by atoms with Gasteiger partial charge in [-0.25, -0.2) is 13.4 Å². The number of nitrogens with zero attached hydrogens (tertiary/aromatic N) is 2. The van der Waals surface area contributed by atoms with Crippen LogP contribution in [0.4, 0.5) is 10.8 Å². The van der Waals surface area contributed by atoms with E-state index in [1.165, 1.54) is 11.3 Å². The number of sulfonamides is 1. The molecule has 2 N–H and O–H groups in total. The first-order chi connectivity index (χ1) is 12.4. The van der Waals surface area contributed by atoms with E-state index >= 15 is 0 Å². The van der Waals surface area contributed by atoms with Gasteiger partial charge in [-0.3, -0.25) is 14.5 Å². The summed E-state index contributed by atoms with van der Waals surface area (Å²) in [5.41, 5.74) is 2.95. The van der Waals surface area contributed by atoms with E-state index in [4.69, 9.17) is 0 Å². The molecule has 26 heavy (non-hydrogen) atoms. The lowest BCUT2D eigenvalue weighted by atomic mass is 10.1. The lowest BCUT2D eigenvalue weighted by Gasteiger charge is -2.05. The molecule has 1 amide bonds. The summed E-state index contributed by atoms with van der Waals surface area (Å²) >= 11 is 1.35. The first kappa shape index (κ1) is 18.0. The summed E-state index contributed by atoms with van der Waals surface area (Å²) in [7, 11) is -3.31. The lowest BCUT2D eigenvalue weighted by molar-refractivity contribution is -0.115. The number of rotatable bonds is 6. The molecule has 0 fully saturated rings. The quantitative estimate of drug-likeness (QED) is 0.676. The van der Waals surface area contributed by atoms with Crippen molar-refractivity contribution in [3.63, 3.8) is 0 Å². The van der Waals surface area contributed by atoms with Crippen LogP contribution in [0.25, 0.3) is 11.3 Å². The predicted molar refractivity (Wildman–Crippen MR) is 103 cm³/mol. The van der Waals surface area contributed by atoms with Crippen LogP contribution in [0.3, 0.4) is 0 Å². The van der Waals surface area contributed by atoms with Gasteiger partial charge in [0.15, 0.2) is 5.13 Å².